The van der Waals surface area contributed by atoms with E-state index in [9.17, 15) is 4.79 Å². The average molecular weight is 264 g/mol. The van der Waals surface area contributed by atoms with Gasteiger partial charge in [-0.2, -0.15) is 0 Å². The first-order valence-corrected chi connectivity index (χ1v) is 6.68. The van der Waals surface area contributed by atoms with Gasteiger partial charge in [-0.05, 0) is 58.5 Å². The summed E-state index contributed by atoms with van der Waals surface area (Å²) in [6, 6.07) is 7.40. The smallest absolute Gasteiger partial charge is 0.244 e. The molecule has 0 saturated heterocycles. The summed E-state index contributed by atoms with van der Waals surface area (Å²) in [7, 11) is 0. The van der Waals surface area contributed by atoms with E-state index < -0.39 is 5.54 Å². The number of nitrogens with one attached hydrogen (secondary N) is 2. The fourth-order valence-electron chi connectivity index (χ4n) is 1.70. The first kappa shape index (κ1) is 15.5. The minimum absolute atomic E-state index is 0.0492. The molecule has 1 aromatic rings. The third kappa shape index (κ3) is 4.91. The van der Waals surface area contributed by atoms with Crippen LogP contribution in [0.3, 0.4) is 0 Å². The molecule has 19 heavy (non-hydrogen) atoms. The number of amides is 1. The second-order valence-corrected chi connectivity index (χ2v) is 5.30. The van der Waals surface area contributed by atoms with Gasteiger partial charge >= 0.3 is 0 Å². The molecule has 4 heteroatoms. The maximum Gasteiger partial charge on any atom is 0.244 e. The van der Waals surface area contributed by atoms with Gasteiger partial charge in [-0.25, -0.2) is 0 Å². The van der Waals surface area contributed by atoms with Crippen LogP contribution in [0, 0.1) is 0 Å². The summed E-state index contributed by atoms with van der Waals surface area (Å²) in [5.41, 5.74) is 0.189. The molecule has 4 nitrogen and oxygen atoms in total. The molecule has 0 aromatic heterocycles. The number of ether oxygens (including phenoxy) is 1. The molecule has 0 aliphatic rings. The maximum atomic E-state index is 12.1. The highest BCUT2D eigenvalue weighted by atomic mass is 16.5. The third-order valence-electron chi connectivity index (χ3n) is 2.67. The highest BCUT2D eigenvalue weighted by Crippen LogP contribution is 2.18. The third-order valence-corrected chi connectivity index (χ3v) is 2.67. The highest BCUT2D eigenvalue weighted by molar-refractivity contribution is 5.97. The molecule has 0 aliphatic carbocycles. The lowest BCUT2D eigenvalue weighted by Gasteiger charge is -2.24. The fourth-order valence-corrected chi connectivity index (χ4v) is 1.70. The van der Waals surface area contributed by atoms with E-state index in [0.29, 0.717) is 0 Å². The highest BCUT2D eigenvalue weighted by Gasteiger charge is 2.25. The quantitative estimate of drug-likeness (QED) is 0.830. The van der Waals surface area contributed by atoms with Crippen LogP contribution >= 0.6 is 0 Å². The normalized spacial score (nSPS) is 11.5. The zero-order chi connectivity index (χ0) is 14.5. The Morgan fingerprint density at radius 2 is 1.84 bits per heavy atom. The molecule has 0 aliphatic heterocycles. The topological polar surface area (TPSA) is 50.4 Å². The molecule has 1 aromatic carbocycles. The van der Waals surface area contributed by atoms with Crippen molar-refractivity contribution in [2.75, 3.05) is 11.9 Å². The molecule has 0 heterocycles. The first-order chi connectivity index (χ1) is 8.85. The number of hydrogen-bond acceptors (Lipinski definition) is 3. The van der Waals surface area contributed by atoms with Crippen LogP contribution in [-0.4, -0.2) is 24.1 Å². The van der Waals surface area contributed by atoms with Crippen LogP contribution in [0.4, 0.5) is 5.69 Å². The van der Waals surface area contributed by atoms with E-state index in [1.807, 2.05) is 58.9 Å². The van der Waals surface area contributed by atoms with Crippen molar-refractivity contribution < 1.29 is 9.53 Å². The lowest BCUT2D eigenvalue weighted by atomic mass is 10.0. The van der Waals surface area contributed by atoms with Gasteiger partial charge in [0.15, 0.2) is 0 Å². The van der Waals surface area contributed by atoms with Crippen molar-refractivity contribution in [1.29, 1.82) is 0 Å². The van der Waals surface area contributed by atoms with Crippen LogP contribution in [0.2, 0.25) is 0 Å². The molecule has 1 rings (SSSR count). The Balaban J connectivity index is 2.65. The summed E-state index contributed by atoms with van der Waals surface area (Å²) in [5.74, 6) is 0.755. The number of carbonyl (C=O) groups is 1. The van der Waals surface area contributed by atoms with Crippen LogP contribution < -0.4 is 15.4 Å². The lowest BCUT2D eigenvalue weighted by Crippen LogP contribution is -2.49. The Labute approximate surface area is 115 Å². The van der Waals surface area contributed by atoms with Crippen LogP contribution in [0.5, 0.6) is 5.75 Å². The predicted molar refractivity (Wildman–Crippen MR) is 78.6 cm³/mol. The van der Waals surface area contributed by atoms with E-state index in [-0.39, 0.29) is 12.0 Å². The number of benzene rings is 1. The summed E-state index contributed by atoms with van der Waals surface area (Å²) in [6.07, 6.45) is 0.146. The predicted octanol–water partition coefficient (Wildman–Crippen LogP) is 2.80. The molecular formula is C15H24N2O2. The zero-order valence-corrected chi connectivity index (χ0v) is 12.4. The van der Waals surface area contributed by atoms with Gasteiger partial charge in [0.1, 0.15) is 5.75 Å². The molecule has 0 radical (unpaired) electrons. The van der Waals surface area contributed by atoms with Crippen molar-refractivity contribution in [3.8, 4) is 5.75 Å². The Bertz CT molecular complexity index is 411. The maximum absolute atomic E-state index is 12.1. The van der Waals surface area contributed by atoms with Crippen LogP contribution in [0.15, 0.2) is 24.3 Å². The van der Waals surface area contributed by atoms with Crippen molar-refractivity contribution >= 4 is 11.6 Å². The fraction of sp³-hybridized carbons (Fsp3) is 0.533. The summed E-state index contributed by atoms with van der Waals surface area (Å²) >= 11 is 0. The Morgan fingerprint density at radius 3 is 2.32 bits per heavy atom. The number of hydrogen-bond donors (Lipinski definition) is 2. The summed E-state index contributed by atoms with van der Waals surface area (Å²) in [5, 5.41) is 6.03. The summed E-state index contributed by atoms with van der Waals surface area (Å²) in [4.78, 5) is 12.1. The number of rotatable bonds is 6. The summed E-state index contributed by atoms with van der Waals surface area (Å²) in [6.45, 7) is 10.4. The van der Waals surface area contributed by atoms with E-state index in [2.05, 4.69) is 10.6 Å². The van der Waals surface area contributed by atoms with Crippen molar-refractivity contribution in [1.82, 2.24) is 5.32 Å². The van der Waals surface area contributed by atoms with Gasteiger partial charge in [0.05, 0.1) is 11.6 Å². The second-order valence-electron chi connectivity index (χ2n) is 5.30. The molecule has 0 bridgehead atoms. The molecule has 0 saturated carbocycles. The van der Waals surface area contributed by atoms with Gasteiger partial charge in [-0.15, -0.1) is 0 Å². The molecule has 0 unspecified atom stereocenters. The monoisotopic (exact) mass is 264 g/mol. The number of anilines is 1. The molecule has 0 fully saturated rings. The molecule has 0 spiro atoms. The van der Waals surface area contributed by atoms with Crippen LogP contribution in [0.25, 0.3) is 0 Å². The lowest BCUT2D eigenvalue weighted by molar-refractivity contribution is -0.121. The Morgan fingerprint density at radius 1 is 1.26 bits per heavy atom. The Kier molecular flexibility index (Phi) is 5.36. The molecular weight excluding hydrogens is 240 g/mol. The average Bonchev–Trinajstić information content (AvgIpc) is 2.30. The van der Waals surface area contributed by atoms with Gasteiger partial charge in [0.25, 0.3) is 0 Å². The minimum atomic E-state index is -0.581. The van der Waals surface area contributed by atoms with Gasteiger partial charge < -0.3 is 15.4 Å². The zero-order valence-electron chi connectivity index (χ0n) is 12.4. The standard InChI is InChI=1S/C15H24N2O2/c1-6-16-15(4,5)14(18)17-12-7-9-13(10-8-12)19-11(2)3/h7-11,16H,6H2,1-5H3,(H,17,18). The molecule has 2 N–H and O–H groups in total. The Hall–Kier alpha value is -1.55. The largest absolute Gasteiger partial charge is 0.491 e. The second kappa shape index (κ2) is 6.57. The molecule has 1 amide bonds. The van der Waals surface area contributed by atoms with Gasteiger partial charge in [-0.3, -0.25) is 4.79 Å². The van der Waals surface area contributed by atoms with Crippen molar-refractivity contribution in [3.05, 3.63) is 24.3 Å². The molecule has 106 valence electrons. The SMILES string of the molecule is CCNC(C)(C)C(=O)Nc1ccc(OC(C)C)cc1. The van der Waals surface area contributed by atoms with Crippen LogP contribution in [-0.2, 0) is 4.79 Å². The van der Waals surface area contributed by atoms with E-state index in [1.165, 1.54) is 0 Å². The minimum Gasteiger partial charge on any atom is -0.491 e. The van der Waals surface area contributed by atoms with Gasteiger partial charge in [0.2, 0.25) is 5.91 Å². The van der Waals surface area contributed by atoms with Crippen molar-refractivity contribution in [3.63, 3.8) is 0 Å². The van der Waals surface area contributed by atoms with Gasteiger partial charge in [0, 0.05) is 5.69 Å². The van der Waals surface area contributed by atoms with Crippen molar-refractivity contribution in [2.24, 2.45) is 0 Å². The number of carbonyl (C=O) groups excluding carboxylic acids is 1. The first-order valence-electron chi connectivity index (χ1n) is 6.68. The van der Waals surface area contributed by atoms with E-state index in [1.54, 1.807) is 0 Å². The van der Waals surface area contributed by atoms with Crippen molar-refractivity contribution in [2.45, 2.75) is 46.3 Å². The van der Waals surface area contributed by atoms with E-state index >= 15 is 0 Å². The summed E-state index contributed by atoms with van der Waals surface area (Å²) < 4.78 is 5.55. The molecule has 0 atom stereocenters. The number of likely N-dealkylation sites (N-methyl/N-ethyl adjacent to an activating group) is 1. The van der Waals surface area contributed by atoms with E-state index in [0.717, 1.165) is 18.0 Å². The van der Waals surface area contributed by atoms with Gasteiger partial charge in [-0.1, -0.05) is 6.92 Å². The van der Waals surface area contributed by atoms with Crippen LogP contribution in [0.1, 0.15) is 34.6 Å². The van der Waals surface area contributed by atoms with E-state index in [4.69, 9.17) is 4.74 Å².